The third-order valence-corrected chi connectivity index (χ3v) is 2.42. The lowest BCUT2D eigenvalue weighted by Gasteiger charge is -2.06. The van der Waals surface area contributed by atoms with E-state index in [0.717, 1.165) is 5.56 Å². The fraction of sp³-hybridized carbons (Fsp3) is 0.0714. The molecule has 0 aliphatic carbocycles. The Bertz CT molecular complexity index is 555. The van der Waals surface area contributed by atoms with Crippen LogP contribution < -0.4 is 10.9 Å². The molecule has 1 aromatic heterocycles. The zero-order valence-corrected chi connectivity index (χ0v) is 10.2. The highest BCUT2D eigenvalue weighted by Gasteiger charge is 2.08. The summed E-state index contributed by atoms with van der Waals surface area (Å²) < 4.78 is 0. The predicted molar refractivity (Wildman–Crippen MR) is 70.0 cm³/mol. The molecule has 0 fully saturated rings. The van der Waals surface area contributed by atoms with Gasteiger partial charge >= 0.3 is 0 Å². The number of rotatable bonds is 3. The van der Waals surface area contributed by atoms with E-state index in [9.17, 15) is 9.59 Å². The molecule has 0 spiro atoms. The molecule has 5 nitrogen and oxygen atoms in total. The van der Waals surface area contributed by atoms with E-state index in [2.05, 4.69) is 15.8 Å². The number of carbonyl (C=O) groups is 2. The van der Waals surface area contributed by atoms with Crippen LogP contribution in [0.2, 0.25) is 0 Å². The first-order valence-corrected chi connectivity index (χ1v) is 5.80. The van der Waals surface area contributed by atoms with Crippen molar-refractivity contribution >= 4 is 11.8 Å². The Morgan fingerprint density at radius 3 is 2.37 bits per heavy atom. The SMILES string of the molecule is O=C(Cc1ccccc1)NNC(=O)c1ccccn1. The standard InChI is InChI=1S/C14H13N3O2/c18-13(10-11-6-2-1-3-7-11)16-17-14(19)12-8-4-5-9-15-12/h1-9H,10H2,(H,16,18)(H,17,19). The van der Waals surface area contributed by atoms with Crippen molar-refractivity contribution in [3.63, 3.8) is 0 Å². The van der Waals surface area contributed by atoms with Crippen LogP contribution >= 0.6 is 0 Å². The third kappa shape index (κ3) is 3.92. The van der Waals surface area contributed by atoms with Gasteiger partial charge in [0.15, 0.2) is 0 Å². The molecular weight excluding hydrogens is 242 g/mol. The van der Waals surface area contributed by atoms with Gasteiger partial charge in [-0.15, -0.1) is 0 Å². The summed E-state index contributed by atoms with van der Waals surface area (Å²) in [7, 11) is 0. The van der Waals surface area contributed by atoms with Crippen LogP contribution in [-0.2, 0) is 11.2 Å². The maximum atomic E-state index is 11.6. The monoisotopic (exact) mass is 255 g/mol. The Morgan fingerprint density at radius 2 is 1.68 bits per heavy atom. The van der Waals surface area contributed by atoms with Crippen LogP contribution in [0.4, 0.5) is 0 Å². The van der Waals surface area contributed by atoms with Crippen LogP contribution in [0.1, 0.15) is 16.1 Å². The lowest BCUT2D eigenvalue weighted by molar-refractivity contribution is -0.121. The Hall–Kier alpha value is -2.69. The molecule has 96 valence electrons. The Balaban J connectivity index is 1.83. The number of nitrogens with zero attached hydrogens (tertiary/aromatic N) is 1. The first-order chi connectivity index (χ1) is 9.25. The van der Waals surface area contributed by atoms with E-state index in [1.54, 1.807) is 18.2 Å². The number of pyridine rings is 1. The van der Waals surface area contributed by atoms with Crippen LogP contribution in [0.25, 0.3) is 0 Å². The van der Waals surface area contributed by atoms with Gasteiger partial charge in [-0.2, -0.15) is 0 Å². The molecule has 1 aromatic carbocycles. The van der Waals surface area contributed by atoms with E-state index in [-0.39, 0.29) is 18.0 Å². The minimum Gasteiger partial charge on any atom is -0.273 e. The molecule has 2 aromatic rings. The van der Waals surface area contributed by atoms with Crippen LogP contribution in [0.3, 0.4) is 0 Å². The van der Waals surface area contributed by atoms with E-state index >= 15 is 0 Å². The van der Waals surface area contributed by atoms with E-state index in [1.165, 1.54) is 6.20 Å². The van der Waals surface area contributed by atoms with Crippen molar-refractivity contribution in [2.75, 3.05) is 0 Å². The van der Waals surface area contributed by atoms with Crippen molar-refractivity contribution < 1.29 is 9.59 Å². The molecule has 0 aliphatic rings. The Kier molecular flexibility index (Phi) is 4.23. The van der Waals surface area contributed by atoms with Gasteiger partial charge in [0.05, 0.1) is 6.42 Å². The van der Waals surface area contributed by atoms with Gasteiger partial charge in [-0.25, -0.2) is 0 Å². The summed E-state index contributed by atoms with van der Waals surface area (Å²) in [5, 5.41) is 0. The summed E-state index contributed by atoms with van der Waals surface area (Å²) in [6.45, 7) is 0. The minimum atomic E-state index is -0.443. The van der Waals surface area contributed by atoms with E-state index in [0.29, 0.717) is 0 Å². The molecular formula is C14H13N3O2. The summed E-state index contributed by atoms with van der Waals surface area (Å²) in [6.07, 6.45) is 1.73. The lowest BCUT2D eigenvalue weighted by Crippen LogP contribution is -2.42. The summed E-state index contributed by atoms with van der Waals surface area (Å²) in [5.74, 6) is -0.725. The van der Waals surface area contributed by atoms with Crippen molar-refractivity contribution in [2.45, 2.75) is 6.42 Å². The number of nitrogens with one attached hydrogen (secondary N) is 2. The second-order valence-corrected chi connectivity index (χ2v) is 3.88. The molecule has 0 aliphatic heterocycles. The van der Waals surface area contributed by atoms with Crippen molar-refractivity contribution in [2.24, 2.45) is 0 Å². The minimum absolute atomic E-state index is 0.212. The predicted octanol–water partition coefficient (Wildman–Crippen LogP) is 1.09. The topological polar surface area (TPSA) is 71.1 Å². The molecule has 0 radical (unpaired) electrons. The maximum Gasteiger partial charge on any atom is 0.288 e. The zero-order valence-electron chi connectivity index (χ0n) is 10.2. The Morgan fingerprint density at radius 1 is 0.947 bits per heavy atom. The summed E-state index contributed by atoms with van der Waals surface area (Å²) in [6, 6.07) is 14.3. The molecule has 5 heteroatoms. The number of hydrogen-bond donors (Lipinski definition) is 2. The highest BCUT2D eigenvalue weighted by atomic mass is 16.2. The average molecular weight is 255 g/mol. The summed E-state index contributed by atoms with van der Waals surface area (Å²) >= 11 is 0. The first kappa shape index (κ1) is 12.8. The summed E-state index contributed by atoms with van der Waals surface area (Å²) in [5.41, 5.74) is 5.80. The van der Waals surface area contributed by atoms with Gasteiger partial charge in [-0.05, 0) is 17.7 Å². The molecule has 2 N–H and O–H groups in total. The molecule has 0 atom stereocenters. The smallest absolute Gasteiger partial charge is 0.273 e. The normalized spacial score (nSPS) is 9.68. The lowest BCUT2D eigenvalue weighted by atomic mass is 10.1. The average Bonchev–Trinajstić information content (AvgIpc) is 2.47. The molecule has 2 amide bonds. The van der Waals surface area contributed by atoms with Crippen molar-refractivity contribution in [1.29, 1.82) is 0 Å². The van der Waals surface area contributed by atoms with Crippen LogP contribution in [0.5, 0.6) is 0 Å². The van der Waals surface area contributed by atoms with Gasteiger partial charge in [0.2, 0.25) is 5.91 Å². The number of amides is 2. The molecule has 0 saturated carbocycles. The van der Waals surface area contributed by atoms with E-state index in [4.69, 9.17) is 0 Å². The number of hydrazine groups is 1. The fourth-order valence-electron chi connectivity index (χ4n) is 1.51. The second-order valence-electron chi connectivity index (χ2n) is 3.88. The van der Waals surface area contributed by atoms with Gasteiger partial charge < -0.3 is 0 Å². The van der Waals surface area contributed by atoms with Crippen LogP contribution in [-0.4, -0.2) is 16.8 Å². The highest BCUT2D eigenvalue weighted by molar-refractivity contribution is 5.93. The van der Waals surface area contributed by atoms with E-state index < -0.39 is 5.91 Å². The van der Waals surface area contributed by atoms with Crippen molar-refractivity contribution in [1.82, 2.24) is 15.8 Å². The molecule has 1 heterocycles. The molecule has 0 saturated heterocycles. The van der Waals surface area contributed by atoms with Gasteiger partial charge in [-0.3, -0.25) is 25.4 Å². The number of benzene rings is 1. The molecule has 2 rings (SSSR count). The van der Waals surface area contributed by atoms with Crippen LogP contribution in [0.15, 0.2) is 54.7 Å². The van der Waals surface area contributed by atoms with Gasteiger partial charge in [0, 0.05) is 6.20 Å². The molecule has 0 unspecified atom stereocenters. The maximum absolute atomic E-state index is 11.6. The zero-order chi connectivity index (χ0) is 13.5. The second kappa shape index (κ2) is 6.30. The quantitative estimate of drug-likeness (QED) is 0.806. The Labute approximate surface area is 110 Å². The van der Waals surface area contributed by atoms with Gasteiger partial charge in [0.1, 0.15) is 5.69 Å². The number of carbonyl (C=O) groups excluding carboxylic acids is 2. The van der Waals surface area contributed by atoms with E-state index in [1.807, 2.05) is 30.3 Å². The van der Waals surface area contributed by atoms with Crippen LogP contribution in [0, 0.1) is 0 Å². The van der Waals surface area contributed by atoms with Gasteiger partial charge in [-0.1, -0.05) is 36.4 Å². The molecule has 0 bridgehead atoms. The van der Waals surface area contributed by atoms with Gasteiger partial charge in [0.25, 0.3) is 5.91 Å². The van der Waals surface area contributed by atoms with Crippen molar-refractivity contribution in [3.05, 3.63) is 66.0 Å². The van der Waals surface area contributed by atoms with Crippen molar-refractivity contribution in [3.8, 4) is 0 Å². The third-order valence-electron chi connectivity index (χ3n) is 2.42. The number of aromatic nitrogens is 1. The first-order valence-electron chi connectivity index (χ1n) is 5.80. The largest absolute Gasteiger partial charge is 0.288 e. The highest BCUT2D eigenvalue weighted by Crippen LogP contribution is 1.98. The summed E-state index contributed by atoms with van der Waals surface area (Å²) in [4.78, 5) is 27.1. The molecule has 19 heavy (non-hydrogen) atoms. The fourth-order valence-corrected chi connectivity index (χ4v) is 1.51. The number of hydrogen-bond acceptors (Lipinski definition) is 3.